The van der Waals surface area contributed by atoms with Crippen molar-refractivity contribution in [2.24, 2.45) is 5.92 Å². The van der Waals surface area contributed by atoms with Crippen LogP contribution in [0.4, 0.5) is 0 Å². The van der Waals surface area contributed by atoms with E-state index in [1.807, 2.05) is 32.1 Å². The lowest BCUT2D eigenvalue weighted by atomic mass is 10.0. The van der Waals surface area contributed by atoms with Crippen LogP contribution in [0.2, 0.25) is 0 Å². The molecule has 0 atom stereocenters. The molecule has 0 amide bonds. The molecule has 2 N–H and O–H groups in total. The second kappa shape index (κ2) is 4.82. The van der Waals surface area contributed by atoms with Crippen LogP contribution in [0.25, 0.3) is 6.08 Å². The smallest absolute Gasteiger partial charge is 0.122 e. The zero-order chi connectivity index (χ0) is 10.6. The summed E-state index contributed by atoms with van der Waals surface area (Å²) in [6.07, 6.45) is 1.83. The highest BCUT2D eigenvalue weighted by Crippen LogP contribution is 2.21. The second-order valence-electron chi connectivity index (χ2n) is 3.59. The predicted molar refractivity (Wildman–Crippen MR) is 58.0 cm³/mol. The zero-order valence-corrected chi connectivity index (χ0v) is 8.57. The Morgan fingerprint density at radius 1 is 1.36 bits per heavy atom. The van der Waals surface area contributed by atoms with Gasteiger partial charge >= 0.3 is 0 Å². The van der Waals surface area contributed by atoms with Crippen LogP contribution < -0.4 is 0 Å². The normalized spacial score (nSPS) is 12.1. The van der Waals surface area contributed by atoms with Crippen LogP contribution in [0.1, 0.15) is 19.4 Å². The molecule has 1 aromatic rings. The summed E-state index contributed by atoms with van der Waals surface area (Å²) in [6.45, 7) is 4.07. The molecule has 0 aliphatic rings. The molecule has 0 bridgehead atoms. The Morgan fingerprint density at radius 3 is 2.50 bits per heavy atom. The standard InChI is InChI=1S/C12H16O2/c1-9(2)11(8-13)7-10-5-3-4-6-12(10)14/h3-7,9,13-14H,8H2,1-2H3/b11-7+. The molecular weight excluding hydrogens is 176 g/mol. The van der Waals surface area contributed by atoms with Crippen molar-refractivity contribution >= 4 is 6.08 Å². The van der Waals surface area contributed by atoms with Gasteiger partial charge in [0.2, 0.25) is 0 Å². The minimum atomic E-state index is 0.0337. The number of hydrogen-bond donors (Lipinski definition) is 2. The van der Waals surface area contributed by atoms with E-state index in [1.54, 1.807) is 12.1 Å². The molecule has 0 aliphatic heterocycles. The maximum absolute atomic E-state index is 9.51. The number of aliphatic hydroxyl groups is 1. The molecule has 0 saturated carbocycles. The van der Waals surface area contributed by atoms with Gasteiger partial charge in [-0.05, 0) is 23.6 Å². The first kappa shape index (κ1) is 10.8. The number of aliphatic hydroxyl groups excluding tert-OH is 1. The molecule has 0 aliphatic carbocycles. The lowest BCUT2D eigenvalue weighted by molar-refractivity contribution is 0.320. The maximum atomic E-state index is 9.51. The highest BCUT2D eigenvalue weighted by molar-refractivity contribution is 5.59. The van der Waals surface area contributed by atoms with E-state index in [-0.39, 0.29) is 12.4 Å². The lowest BCUT2D eigenvalue weighted by Crippen LogP contribution is -1.98. The Labute approximate surface area is 84.5 Å². The van der Waals surface area contributed by atoms with E-state index in [1.165, 1.54) is 0 Å². The van der Waals surface area contributed by atoms with Crippen molar-refractivity contribution in [1.29, 1.82) is 0 Å². The van der Waals surface area contributed by atoms with Crippen LogP contribution in [0.15, 0.2) is 29.8 Å². The van der Waals surface area contributed by atoms with Crippen LogP contribution in [-0.2, 0) is 0 Å². The van der Waals surface area contributed by atoms with E-state index in [0.29, 0.717) is 5.92 Å². The van der Waals surface area contributed by atoms with Gasteiger partial charge in [-0.3, -0.25) is 0 Å². The minimum absolute atomic E-state index is 0.0337. The van der Waals surface area contributed by atoms with Crippen LogP contribution in [0, 0.1) is 5.92 Å². The second-order valence-corrected chi connectivity index (χ2v) is 3.59. The van der Waals surface area contributed by atoms with Crippen molar-refractivity contribution in [3.8, 4) is 5.75 Å². The van der Waals surface area contributed by atoms with Gasteiger partial charge in [-0.1, -0.05) is 32.0 Å². The van der Waals surface area contributed by atoms with Gasteiger partial charge in [-0.15, -0.1) is 0 Å². The Bertz CT molecular complexity index is 327. The number of phenols is 1. The molecule has 0 heterocycles. The molecule has 0 spiro atoms. The van der Waals surface area contributed by atoms with Crippen LogP contribution in [0.3, 0.4) is 0 Å². The van der Waals surface area contributed by atoms with Gasteiger partial charge in [-0.25, -0.2) is 0 Å². The largest absolute Gasteiger partial charge is 0.507 e. The van der Waals surface area contributed by atoms with Crippen molar-refractivity contribution in [2.45, 2.75) is 13.8 Å². The number of para-hydroxylation sites is 1. The third-order valence-electron chi connectivity index (χ3n) is 2.20. The van der Waals surface area contributed by atoms with Gasteiger partial charge in [0.05, 0.1) is 6.61 Å². The summed E-state index contributed by atoms with van der Waals surface area (Å²) in [4.78, 5) is 0. The van der Waals surface area contributed by atoms with E-state index < -0.39 is 0 Å². The summed E-state index contributed by atoms with van der Waals surface area (Å²) in [5.74, 6) is 0.540. The van der Waals surface area contributed by atoms with Crippen LogP contribution >= 0.6 is 0 Å². The Hall–Kier alpha value is -1.28. The number of phenolic OH excluding ortho intramolecular Hbond substituents is 1. The molecular formula is C12H16O2. The quantitative estimate of drug-likeness (QED) is 0.772. The van der Waals surface area contributed by atoms with Crippen molar-refractivity contribution in [3.63, 3.8) is 0 Å². The van der Waals surface area contributed by atoms with Crippen LogP contribution in [-0.4, -0.2) is 16.8 Å². The first-order valence-corrected chi connectivity index (χ1v) is 4.74. The molecule has 2 nitrogen and oxygen atoms in total. The fourth-order valence-corrected chi connectivity index (χ4v) is 1.20. The molecule has 1 aromatic carbocycles. The summed E-state index contributed by atoms with van der Waals surface area (Å²) < 4.78 is 0. The minimum Gasteiger partial charge on any atom is -0.507 e. The van der Waals surface area contributed by atoms with Gasteiger partial charge in [0.1, 0.15) is 5.75 Å². The summed E-state index contributed by atoms with van der Waals surface area (Å²) >= 11 is 0. The van der Waals surface area contributed by atoms with E-state index in [4.69, 9.17) is 5.11 Å². The average Bonchev–Trinajstić information content (AvgIpc) is 2.16. The molecule has 2 heteroatoms. The van der Waals surface area contributed by atoms with Gasteiger partial charge < -0.3 is 10.2 Å². The Balaban J connectivity index is 3.00. The Morgan fingerprint density at radius 2 is 2.00 bits per heavy atom. The fourth-order valence-electron chi connectivity index (χ4n) is 1.20. The molecule has 0 radical (unpaired) electrons. The summed E-state index contributed by atoms with van der Waals surface area (Å²) in [6, 6.07) is 7.11. The van der Waals surface area contributed by atoms with Crippen LogP contribution in [0.5, 0.6) is 5.75 Å². The number of aromatic hydroxyl groups is 1. The van der Waals surface area contributed by atoms with Crippen molar-refractivity contribution in [1.82, 2.24) is 0 Å². The van der Waals surface area contributed by atoms with Gasteiger partial charge in [0, 0.05) is 5.56 Å². The monoisotopic (exact) mass is 192 g/mol. The van der Waals surface area contributed by atoms with Gasteiger partial charge in [0.25, 0.3) is 0 Å². The molecule has 0 saturated heterocycles. The van der Waals surface area contributed by atoms with E-state index in [9.17, 15) is 5.11 Å². The summed E-state index contributed by atoms with van der Waals surface area (Å²) in [7, 11) is 0. The highest BCUT2D eigenvalue weighted by atomic mass is 16.3. The maximum Gasteiger partial charge on any atom is 0.122 e. The van der Waals surface area contributed by atoms with E-state index in [0.717, 1.165) is 11.1 Å². The van der Waals surface area contributed by atoms with Crippen molar-refractivity contribution in [2.75, 3.05) is 6.61 Å². The molecule has 76 valence electrons. The number of rotatable bonds is 3. The fraction of sp³-hybridized carbons (Fsp3) is 0.333. The zero-order valence-electron chi connectivity index (χ0n) is 8.57. The third kappa shape index (κ3) is 2.60. The van der Waals surface area contributed by atoms with Gasteiger partial charge in [0.15, 0.2) is 0 Å². The SMILES string of the molecule is CC(C)/C(=C/c1ccccc1O)CO. The molecule has 0 aromatic heterocycles. The molecule has 14 heavy (non-hydrogen) atoms. The summed E-state index contributed by atoms with van der Waals surface area (Å²) in [5.41, 5.74) is 1.68. The van der Waals surface area contributed by atoms with E-state index in [2.05, 4.69) is 0 Å². The summed E-state index contributed by atoms with van der Waals surface area (Å²) in [5, 5.41) is 18.6. The first-order chi connectivity index (χ1) is 6.65. The number of hydrogen-bond acceptors (Lipinski definition) is 2. The van der Waals surface area contributed by atoms with Crippen molar-refractivity contribution < 1.29 is 10.2 Å². The topological polar surface area (TPSA) is 40.5 Å². The average molecular weight is 192 g/mol. The lowest BCUT2D eigenvalue weighted by Gasteiger charge is -2.08. The van der Waals surface area contributed by atoms with E-state index >= 15 is 0 Å². The molecule has 0 unspecified atom stereocenters. The van der Waals surface area contributed by atoms with Crippen molar-refractivity contribution in [3.05, 3.63) is 35.4 Å². The number of benzene rings is 1. The molecule has 0 fully saturated rings. The van der Waals surface area contributed by atoms with Gasteiger partial charge in [-0.2, -0.15) is 0 Å². The highest BCUT2D eigenvalue weighted by Gasteiger charge is 2.03. The third-order valence-corrected chi connectivity index (χ3v) is 2.20. The first-order valence-electron chi connectivity index (χ1n) is 4.74. The molecule has 1 rings (SSSR count). The predicted octanol–water partition coefficient (Wildman–Crippen LogP) is 2.42. The Kier molecular flexibility index (Phi) is 3.72.